The number of rotatable bonds is 2. The van der Waals surface area contributed by atoms with Crippen LogP contribution >= 0.6 is 0 Å². The van der Waals surface area contributed by atoms with Gasteiger partial charge in [-0.3, -0.25) is 4.79 Å². The van der Waals surface area contributed by atoms with E-state index in [1.54, 1.807) is 6.07 Å². The Morgan fingerprint density at radius 1 is 1.35 bits per heavy atom. The van der Waals surface area contributed by atoms with Gasteiger partial charge in [0.25, 0.3) is 5.91 Å². The van der Waals surface area contributed by atoms with Crippen molar-refractivity contribution >= 4 is 11.6 Å². The molecule has 0 atom stereocenters. The minimum atomic E-state index is -0.0498. The Morgan fingerprint density at radius 3 is 2.59 bits per heavy atom. The second kappa shape index (κ2) is 4.40. The van der Waals surface area contributed by atoms with E-state index in [2.05, 4.69) is 12.2 Å². The van der Waals surface area contributed by atoms with Gasteiger partial charge in [-0.25, -0.2) is 0 Å². The molecule has 1 saturated carbocycles. The minimum absolute atomic E-state index is 0.0370. The predicted molar refractivity (Wildman–Crippen MR) is 69.9 cm³/mol. The molecule has 3 heteroatoms. The first-order valence-corrected chi connectivity index (χ1v) is 6.19. The van der Waals surface area contributed by atoms with Crippen LogP contribution in [0.5, 0.6) is 0 Å². The summed E-state index contributed by atoms with van der Waals surface area (Å²) in [5.74, 6) is -0.0370. The van der Waals surface area contributed by atoms with Crippen molar-refractivity contribution < 1.29 is 4.79 Å². The molecule has 0 spiro atoms. The van der Waals surface area contributed by atoms with Crippen LogP contribution in [0.4, 0.5) is 5.69 Å². The van der Waals surface area contributed by atoms with Crippen LogP contribution in [0.2, 0.25) is 0 Å². The van der Waals surface area contributed by atoms with Gasteiger partial charge in [-0.2, -0.15) is 0 Å². The molecule has 1 aromatic rings. The molecule has 92 valence electrons. The molecule has 3 nitrogen and oxygen atoms in total. The van der Waals surface area contributed by atoms with E-state index in [-0.39, 0.29) is 11.4 Å². The quantitative estimate of drug-likeness (QED) is 0.770. The number of carbonyl (C=O) groups excluding carboxylic acids is 1. The average Bonchev–Trinajstić information content (AvgIpc) is 2.64. The molecule has 1 aromatic carbocycles. The summed E-state index contributed by atoms with van der Waals surface area (Å²) < 4.78 is 0. The molecule has 0 aliphatic heterocycles. The first-order valence-electron chi connectivity index (χ1n) is 6.19. The number of anilines is 1. The fraction of sp³-hybridized carbons (Fsp3) is 0.500. The van der Waals surface area contributed by atoms with Gasteiger partial charge in [-0.05, 0) is 38.3 Å². The summed E-state index contributed by atoms with van der Waals surface area (Å²) in [5.41, 5.74) is 7.95. The van der Waals surface area contributed by atoms with Crippen molar-refractivity contribution in [2.24, 2.45) is 0 Å². The second-order valence-electron chi connectivity index (χ2n) is 5.26. The summed E-state index contributed by atoms with van der Waals surface area (Å²) in [6.45, 7) is 4.04. The maximum absolute atomic E-state index is 12.3. The van der Waals surface area contributed by atoms with E-state index in [9.17, 15) is 4.79 Å². The number of nitrogen functional groups attached to an aromatic ring is 1. The minimum Gasteiger partial charge on any atom is -0.398 e. The number of nitrogens with two attached hydrogens (primary N) is 1. The van der Waals surface area contributed by atoms with Gasteiger partial charge in [0.05, 0.1) is 5.56 Å². The molecular weight excluding hydrogens is 212 g/mol. The topological polar surface area (TPSA) is 55.1 Å². The molecule has 0 heterocycles. The maximum Gasteiger partial charge on any atom is 0.254 e. The lowest BCUT2D eigenvalue weighted by molar-refractivity contribution is 0.0908. The lowest BCUT2D eigenvalue weighted by atomic mass is 9.98. The summed E-state index contributed by atoms with van der Waals surface area (Å²) >= 11 is 0. The Balaban J connectivity index is 2.20. The van der Waals surface area contributed by atoms with E-state index in [0.29, 0.717) is 11.3 Å². The standard InChI is InChI=1S/C14H20N2O/c1-10-6-5-7-11(15)12(10)13(17)16-14(2)8-3-4-9-14/h5-7H,3-4,8-9,15H2,1-2H3,(H,16,17). The van der Waals surface area contributed by atoms with Crippen LogP contribution in [0, 0.1) is 6.92 Å². The average molecular weight is 232 g/mol. The zero-order chi connectivity index (χ0) is 12.5. The van der Waals surface area contributed by atoms with Gasteiger partial charge in [-0.1, -0.05) is 25.0 Å². The highest BCUT2D eigenvalue weighted by molar-refractivity contribution is 6.00. The van der Waals surface area contributed by atoms with Crippen LogP contribution in [0.1, 0.15) is 48.5 Å². The number of aryl methyl sites for hydroxylation is 1. The molecule has 1 fully saturated rings. The third-order valence-corrected chi connectivity index (χ3v) is 3.65. The number of hydrogen-bond acceptors (Lipinski definition) is 2. The fourth-order valence-corrected chi connectivity index (χ4v) is 2.62. The van der Waals surface area contributed by atoms with E-state index in [0.717, 1.165) is 18.4 Å². The van der Waals surface area contributed by atoms with E-state index >= 15 is 0 Å². The van der Waals surface area contributed by atoms with Crippen LogP contribution in [-0.4, -0.2) is 11.4 Å². The first kappa shape index (κ1) is 12.0. The zero-order valence-corrected chi connectivity index (χ0v) is 10.5. The molecule has 1 amide bonds. The normalized spacial score (nSPS) is 18.0. The predicted octanol–water partition coefficient (Wildman–Crippen LogP) is 2.64. The first-order chi connectivity index (χ1) is 8.02. The fourth-order valence-electron chi connectivity index (χ4n) is 2.62. The summed E-state index contributed by atoms with van der Waals surface area (Å²) in [4.78, 5) is 12.3. The summed E-state index contributed by atoms with van der Waals surface area (Å²) in [5, 5.41) is 3.13. The van der Waals surface area contributed by atoms with Crippen LogP contribution in [0.15, 0.2) is 18.2 Å². The summed E-state index contributed by atoms with van der Waals surface area (Å²) in [6, 6.07) is 5.57. The lowest BCUT2D eigenvalue weighted by Gasteiger charge is -2.26. The van der Waals surface area contributed by atoms with Crippen molar-refractivity contribution in [3.63, 3.8) is 0 Å². The smallest absolute Gasteiger partial charge is 0.254 e. The Hall–Kier alpha value is -1.51. The molecule has 17 heavy (non-hydrogen) atoms. The van der Waals surface area contributed by atoms with Crippen LogP contribution in [0.25, 0.3) is 0 Å². The van der Waals surface area contributed by atoms with E-state index in [1.807, 2.05) is 19.1 Å². The Labute approximate surface area is 102 Å². The molecule has 0 radical (unpaired) electrons. The number of carbonyl (C=O) groups is 1. The number of hydrogen-bond donors (Lipinski definition) is 2. The lowest BCUT2D eigenvalue weighted by Crippen LogP contribution is -2.44. The zero-order valence-electron chi connectivity index (χ0n) is 10.5. The molecule has 0 aromatic heterocycles. The van der Waals surface area contributed by atoms with E-state index < -0.39 is 0 Å². The molecule has 3 N–H and O–H groups in total. The van der Waals surface area contributed by atoms with Crippen LogP contribution in [0.3, 0.4) is 0 Å². The van der Waals surface area contributed by atoms with Crippen molar-refractivity contribution in [3.8, 4) is 0 Å². The van der Waals surface area contributed by atoms with Crippen LogP contribution < -0.4 is 11.1 Å². The Bertz CT molecular complexity index is 414. The van der Waals surface area contributed by atoms with Gasteiger partial charge in [0, 0.05) is 11.2 Å². The molecule has 2 rings (SSSR count). The monoisotopic (exact) mass is 232 g/mol. The van der Waals surface area contributed by atoms with Crippen molar-refractivity contribution in [1.29, 1.82) is 0 Å². The van der Waals surface area contributed by atoms with Crippen molar-refractivity contribution in [2.75, 3.05) is 5.73 Å². The molecule has 0 unspecified atom stereocenters. The Morgan fingerprint density at radius 2 is 2.00 bits per heavy atom. The van der Waals surface area contributed by atoms with Gasteiger partial charge in [0.1, 0.15) is 0 Å². The largest absolute Gasteiger partial charge is 0.398 e. The van der Waals surface area contributed by atoms with E-state index in [4.69, 9.17) is 5.73 Å². The molecule has 0 bridgehead atoms. The Kier molecular flexibility index (Phi) is 3.09. The van der Waals surface area contributed by atoms with E-state index in [1.165, 1.54) is 12.8 Å². The van der Waals surface area contributed by atoms with Crippen molar-refractivity contribution in [1.82, 2.24) is 5.32 Å². The van der Waals surface area contributed by atoms with Gasteiger partial charge in [0.15, 0.2) is 0 Å². The maximum atomic E-state index is 12.3. The number of benzene rings is 1. The second-order valence-corrected chi connectivity index (χ2v) is 5.26. The third kappa shape index (κ3) is 2.43. The molecular formula is C14H20N2O. The van der Waals surface area contributed by atoms with Crippen molar-refractivity contribution in [3.05, 3.63) is 29.3 Å². The summed E-state index contributed by atoms with van der Waals surface area (Å²) in [6.07, 6.45) is 4.51. The summed E-state index contributed by atoms with van der Waals surface area (Å²) in [7, 11) is 0. The highest BCUT2D eigenvalue weighted by atomic mass is 16.1. The van der Waals surface area contributed by atoms with Crippen LogP contribution in [-0.2, 0) is 0 Å². The molecule has 1 aliphatic rings. The van der Waals surface area contributed by atoms with Gasteiger partial charge < -0.3 is 11.1 Å². The highest BCUT2D eigenvalue weighted by Crippen LogP contribution is 2.29. The number of nitrogens with one attached hydrogen (secondary N) is 1. The van der Waals surface area contributed by atoms with Gasteiger partial charge >= 0.3 is 0 Å². The molecule has 1 aliphatic carbocycles. The van der Waals surface area contributed by atoms with Crippen molar-refractivity contribution in [2.45, 2.75) is 45.1 Å². The van der Waals surface area contributed by atoms with Gasteiger partial charge in [-0.15, -0.1) is 0 Å². The molecule has 0 saturated heterocycles. The third-order valence-electron chi connectivity index (χ3n) is 3.65. The SMILES string of the molecule is Cc1cccc(N)c1C(=O)NC1(C)CCCC1. The van der Waals surface area contributed by atoms with Gasteiger partial charge in [0.2, 0.25) is 0 Å². The number of amides is 1. The highest BCUT2D eigenvalue weighted by Gasteiger charge is 2.31.